The third kappa shape index (κ3) is 3.89. The zero-order chi connectivity index (χ0) is 19.5. The Bertz CT molecular complexity index is 876. The molecule has 3 amide bonds. The van der Waals surface area contributed by atoms with Crippen LogP contribution in [0.15, 0.2) is 17.8 Å². The molecule has 2 aromatic rings. The maximum Gasteiger partial charge on any atom is 0.272 e. The zero-order valence-electron chi connectivity index (χ0n) is 15.7. The second-order valence-electron chi connectivity index (χ2n) is 7.44. The number of hydrogen-bond acceptors (Lipinski definition) is 5. The maximum atomic E-state index is 13.0. The Hall–Kier alpha value is -2.42. The van der Waals surface area contributed by atoms with E-state index in [1.165, 1.54) is 11.3 Å². The summed E-state index contributed by atoms with van der Waals surface area (Å²) in [5.41, 5.74) is 0.615. The molecular formula is C19H25N5O3S. The van der Waals surface area contributed by atoms with Crippen LogP contribution in [0, 0.1) is 0 Å². The summed E-state index contributed by atoms with van der Waals surface area (Å²) in [6.07, 6.45) is 9.15. The summed E-state index contributed by atoms with van der Waals surface area (Å²) in [4.78, 5) is 43.6. The van der Waals surface area contributed by atoms with Crippen LogP contribution in [0.2, 0.25) is 0 Å². The number of hydrogen-bond donors (Lipinski definition) is 2. The summed E-state index contributed by atoms with van der Waals surface area (Å²) >= 11 is 1.51. The number of piperidine rings is 1. The zero-order valence-corrected chi connectivity index (χ0v) is 16.5. The number of rotatable bonds is 6. The summed E-state index contributed by atoms with van der Waals surface area (Å²) in [5, 5.41) is 7.58. The number of nitrogens with one attached hydrogen (secondary N) is 2. The Labute approximate surface area is 167 Å². The van der Waals surface area contributed by atoms with E-state index in [0.29, 0.717) is 25.1 Å². The van der Waals surface area contributed by atoms with Crippen LogP contribution in [0.25, 0.3) is 4.96 Å². The van der Waals surface area contributed by atoms with E-state index in [9.17, 15) is 14.4 Å². The van der Waals surface area contributed by atoms with Gasteiger partial charge in [-0.3, -0.25) is 18.8 Å². The van der Waals surface area contributed by atoms with Crippen molar-refractivity contribution in [3.63, 3.8) is 0 Å². The van der Waals surface area contributed by atoms with Gasteiger partial charge in [-0.15, -0.1) is 11.3 Å². The molecule has 0 radical (unpaired) electrons. The molecule has 28 heavy (non-hydrogen) atoms. The molecule has 0 spiro atoms. The molecule has 2 fully saturated rings. The highest BCUT2D eigenvalue weighted by Gasteiger charge is 2.31. The molecule has 0 aromatic carbocycles. The second-order valence-corrected chi connectivity index (χ2v) is 8.31. The molecular weight excluding hydrogens is 378 g/mol. The fraction of sp³-hybridized carbons (Fsp3) is 0.579. The molecule has 1 unspecified atom stereocenters. The minimum absolute atomic E-state index is 0.0300. The number of imidazole rings is 1. The highest BCUT2D eigenvalue weighted by Crippen LogP contribution is 2.24. The lowest BCUT2D eigenvalue weighted by atomic mass is 10.0. The third-order valence-corrected chi connectivity index (χ3v) is 6.34. The highest BCUT2D eigenvalue weighted by molar-refractivity contribution is 7.15. The second kappa shape index (κ2) is 8.30. The van der Waals surface area contributed by atoms with Gasteiger partial charge in [-0.1, -0.05) is 0 Å². The Kier molecular flexibility index (Phi) is 5.61. The minimum atomic E-state index is -0.402. The number of fused-ring (bicyclic) bond motifs is 1. The first-order chi connectivity index (χ1) is 13.6. The maximum absolute atomic E-state index is 13.0. The van der Waals surface area contributed by atoms with Crippen LogP contribution in [0.3, 0.4) is 0 Å². The van der Waals surface area contributed by atoms with Crippen LogP contribution < -0.4 is 10.6 Å². The molecule has 8 nitrogen and oxygen atoms in total. The highest BCUT2D eigenvalue weighted by atomic mass is 32.1. The van der Waals surface area contributed by atoms with Gasteiger partial charge in [0.05, 0.1) is 6.20 Å². The van der Waals surface area contributed by atoms with Crippen molar-refractivity contribution in [1.29, 1.82) is 0 Å². The van der Waals surface area contributed by atoms with Crippen molar-refractivity contribution < 1.29 is 14.4 Å². The van der Waals surface area contributed by atoms with E-state index in [0.717, 1.165) is 43.6 Å². The lowest BCUT2D eigenvalue weighted by molar-refractivity contribution is -0.131. The van der Waals surface area contributed by atoms with Gasteiger partial charge in [0.2, 0.25) is 11.8 Å². The van der Waals surface area contributed by atoms with Crippen molar-refractivity contribution in [1.82, 2.24) is 24.9 Å². The van der Waals surface area contributed by atoms with Gasteiger partial charge in [0, 0.05) is 37.1 Å². The molecule has 0 saturated carbocycles. The van der Waals surface area contributed by atoms with E-state index in [1.54, 1.807) is 6.20 Å². The predicted octanol–water partition coefficient (Wildman–Crippen LogP) is 1.57. The molecule has 2 saturated heterocycles. The molecule has 0 bridgehead atoms. The van der Waals surface area contributed by atoms with E-state index in [4.69, 9.17) is 0 Å². The van der Waals surface area contributed by atoms with E-state index >= 15 is 0 Å². The van der Waals surface area contributed by atoms with Crippen LogP contribution in [0.5, 0.6) is 0 Å². The first kappa shape index (κ1) is 18.9. The van der Waals surface area contributed by atoms with Crippen LogP contribution in [-0.2, 0) is 9.59 Å². The fourth-order valence-electron chi connectivity index (χ4n) is 4.11. The van der Waals surface area contributed by atoms with Crippen molar-refractivity contribution in [3.05, 3.63) is 23.5 Å². The van der Waals surface area contributed by atoms with Crippen molar-refractivity contribution in [2.45, 2.75) is 57.0 Å². The van der Waals surface area contributed by atoms with Gasteiger partial charge in [0.25, 0.3) is 5.91 Å². The lowest BCUT2D eigenvalue weighted by Crippen LogP contribution is -2.49. The molecule has 2 aliphatic heterocycles. The Balaban J connectivity index is 1.26. The summed E-state index contributed by atoms with van der Waals surface area (Å²) in [7, 11) is 0. The largest absolute Gasteiger partial charge is 0.354 e. The van der Waals surface area contributed by atoms with Crippen molar-refractivity contribution in [2.24, 2.45) is 0 Å². The first-order valence-electron chi connectivity index (χ1n) is 9.92. The SMILES string of the molecule is O=C1CCC[C@H](C(=O)NCCCC2CCCN2C(=O)c2cnc3sccn23)N1. The van der Waals surface area contributed by atoms with Gasteiger partial charge in [0.1, 0.15) is 11.7 Å². The number of aromatic nitrogens is 2. The predicted molar refractivity (Wildman–Crippen MR) is 105 cm³/mol. The van der Waals surface area contributed by atoms with Gasteiger partial charge < -0.3 is 15.5 Å². The van der Waals surface area contributed by atoms with Crippen LogP contribution >= 0.6 is 11.3 Å². The number of nitrogens with zero attached hydrogens (tertiary/aromatic N) is 3. The summed E-state index contributed by atoms with van der Waals surface area (Å²) in [6, 6.07) is -0.205. The summed E-state index contributed by atoms with van der Waals surface area (Å²) in [6.45, 7) is 1.33. The van der Waals surface area contributed by atoms with E-state index < -0.39 is 6.04 Å². The Morgan fingerprint density at radius 1 is 1.32 bits per heavy atom. The Morgan fingerprint density at radius 3 is 3.07 bits per heavy atom. The summed E-state index contributed by atoms with van der Waals surface area (Å²) < 4.78 is 1.85. The molecule has 2 aliphatic rings. The topological polar surface area (TPSA) is 95.8 Å². The molecule has 2 N–H and O–H groups in total. The van der Waals surface area contributed by atoms with Gasteiger partial charge in [-0.05, 0) is 38.5 Å². The van der Waals surface area contributed by atoms with Crippen LogP contribution in [-0.4, -0.2) is 57.2 Å². The number of carbonyl (C=O) groups is 3. The average molecular weight is 404 g/mol. The lowest BCUT2D eigenvalue weighted by Gasteiger charge is -2.25. The minimum Gasteiger partial charge on any atom is -0.354 e. The normalized spacial score (nSPS) is 22.4. The third-order valence-electron chi connectivity index (χ3n) is 5.57. The smallest absolute Gasteiger partial charge is 0.272 e. The molecule has 4 heterocycles. The summed E-state index contributed by atoms with van der Waals surface area (Å²) in [5.74, 6) is -0.125. The van der Waals surface area contributed by atoms with E-state index in [-0.39, 0.29) is 23.8 Å². The Morgan fingerprint density at radius 2 is 2.21 bits per heavy atom. The van der Waals surface area contributed by atoms with Crippen LogP contribution in [0.1, 0.15) is 55.4 Å². The van der Waals surface area contributed by atoms with E-state index in [2.05, 4.69) is 15.6 Å². The van der Waals surface area contributed by atoms with Crippen molar-refractivity contribution in [3.8, 4) is 0 Å². The van der Waals surface area contributed by atoms with Gasteiger partial charge in [-0.25, -0.2) is 4.98 Å². The van der Waals surface area contributed by atoms with Gasteiger partial charge >= 0.3 is 0 Å². The number of thiazole rings is 1. The molecule has 2 atom stereocenters. The molecule has 9 heteroatoms. The molecule has 0 aliphatic carbocycles. The molecule has 2 aromatic heterocycles. The monoisotopic (exact) mass is 403 g/mol. The van der Waals surface area contributed by atoms with Crippen LogP contribution in [0.4, 0.5) is 0 Å². The number of likely N-dealkylation sites (tertiary alicyclic amines) is 1. The molecule has 150 valence electrons. The fourth-order valence-corrected chi connectivity index (χ4v) is 4.80. The van der Waals surface area contributed by atoms with E-state index in [1.807, 2.05) is 20.9 Å². The standard InChI is InChI=1S/C19H25N5O3S/c25-16-7-1-6-14(22-16)17(26)20-8-2-4-13-5-3-9-23(13)18(27)15-12-21-19-24(15)10-11-28-19/h10-14H,1-9H2,(H,20,26)(H,22,25)/t13?,14-/m1/s1. The first-order valence-corrected chi connectivity index (χ1v) is 10.8. The van der Waals surface area contributed by atoms with Gasteiger partial charge in [-0.2, -0.15) is 0 Å². The number of carbonyl (C=O) groups excluding carboxylic acids is 3. The van der Waals surface area contributed by atoms with Gasteiger partial charge in [0.15, 0.2) is 4.96 Å². The van der Waals surface area contributed by atoms with Crippen molar-refractivity contribution in [2.75, 3.05) is 13.1 Å². The average Bonchev–Trinajstić information content (AvgIpc) is 3.41. The quantitative estimate of drug-likeness (QED) is 0.716. The number of amides is 3. The van der Waals surface area contributed by atoms with Crippen molar-refractivity contribution >= 4 is 34.0 Å². The molecule has 4 rings (SSSR count).